The summed E-state index contributed by atoms with van der Waals surface area (Å²) in [5.41, 5.74) is 1.21. The minimum atomic E-state index is -1.13. The van der Waals surface area contributed by atoms with Gasteiger partial charge < -0.3 is 25.2 Å². The maximum absolute atomic E-state index is 10.2. The van der Waals surface area contributed by atoms with Crippen molar-refractivity contribution in [1.82, 2.24) is 0 Å². The number of carbonyl (C=O) groups excluding carboxylic acids is 1. The van der Waals surface area contributed by atoms with E-state index < -0.39 is 23.9 Å². The van der Waals surface area contributed by atoms with Crippen LogP contribution in [0.1, 0.15) is 41.4 Å². The third-order valence-corrected chi connectivity index (χ3v) is 4.07. The molecule has 0 radical (unpaired) electrons. The molecule has 0 unspecified atom stereocenters. The van der Waals surface area contributed by atoms with Crippen LogP contribution in [0.2, 0.25) is 0 Å². The average Bonchev–Trinajstić information content (AvgIpc) is 2.92. The van der Waals surface area contributed by atoms with Crippen LogP contribution in [0.25, 0.3) is 0 Å². The predicted octanol–water partition coefficient (Wildman–Crippen LogP) is 1.21. The molecular formula is C28H23CrNaO8. The molecule has 0 amide bonds. The number of carboxylic acid groups (broad SMARTS) is 4. The largest absolute Gasteiger partial charge is 1.00 e. The Hall–Kier alpha value is -3.71. The van der Waals surface area contributed by atoms with Gasteiger partial charge in [-0.2, -0.15) is 0 Å². The van der Waals surface area contributed by atoms with Crippen molar-refractivity contribution in [2.24, 2.45) is 0 Å². The van der Waals surface area contributed by atoms with Crippen LogP contribution in [-0.2, 0) is 17.4 Å². The third-order valence-electron chi connectivity index (χ3n) is 4.07. The van der Waals surface area contributed by atoms with Gasteiger partial charge in [-0.3, -0.25) is 0 Å². The quantitative estimate of drug-likeness (QED) is 0.314. The van der Waals surface area contributed by atoms with Crippen molar-refractivity contribution >= 4 is 23.9 Å². The van der Waals surface area contributed by atoms with Gasteiger partial charge in [-0.25, -0.2) is 14.4 Å². The fourth-order valence-corrected chi connectivity index (χ4v) is 2.32. The number of aromatic carboxylic acids is 4. The van der Waals surface area contributed by atoms with Crippen molar-refractivity contribution in [2.75, 3.05) is 0 Å². The van der Waals surface area contributed by atoms with Crippen molar-refractivity contribution < 1.29 is 86.5 Å². The molecular weight excluding hydrogens is 539 g/mol. The first-order valence-corrected chi connectivity index (χ1v) is 10.3. The SMILES string of the molecule is O=C(O)c1ccccc1.O=C(O)c1ccccc1.O=C(O)c1ccccc1.O=C([O-])c1ccccc1.[Cr].[Na+]. The number of carboxylic acids is 4. The van der Waals surface area contributed by atoms with Crippen LogP contribution in [0.15, 0.2) is 121 Å². The van der Waals surface area contributed by atoms with Gasteiger partial charge in [-0.05, 0) is 42.0 Å². The number of benzene rings is 4. The summed E-state index contributed by atoms with van der Waals surface area (Å²) in [5.74, 6) is -3.77. The molecule has 0 atom stereocenters. The van der Waals surface area contributed by atoms with Gasteiger partial charge in [0.05, 0.1) is 22.7 Å². The molecule has 0 aromatic heterocycles. The van der Waals surface area contributed by atoms with Crippen LogP contribution in [0.4, 0.5) is 0 Å². The van der Waals surface area contributed by atoms with Crippen molar-refractivity contribution in [3.8, 4) is 0 Å². The van der Waals surface area contributed by atoms with Gasteiger partial charge in [-0.15, -0.1) is 0 Å². The smallest absolute Gasteiger partial charge is 0.545 e. The number of hydrogen-bond donors (Lipinski definition) is 3. The van der Waals surface area contributed by atoms with E-state index in [4.69, 9.17) is 15.3 Å². The summed E-state index contributed by atoms with van der Waals surface area (Å²) in [6.07, 6.45) is 0. The zero-order valence-electron chi connectivity index (χ0n) is 20.3. The molecule has 10 heteroatoms. The van der Waals surface area contributed by atoms with Gasteiger partial charge in [0.1, 0.15) is 0 Å². The van der Waals surface area contributed by atoms with Crippen LogP contribution in [0, 0.1) is 0 Å². The molecule has 0 spiro atoms. The zero-order valence-corrected chi connectivity index (χ0v) is 23.6. The van der Waals surface area contributed by atoms with Crippen LogP contribution in [0.5, 0.6) is 0 Å². The molecule has 3 N–H and O–H groups in total. The second-order valence-electron chi connectivity index (χ2n) is 6.67. The third kappa shape index (κ3) is 16.1. The summed E-state index contributed by atoms with van der Waals surface area (Å²) in [5, 5.41) is 35.2. The molecule has 0 saturated heterocycles. The van der Waals surface area contributed by atoms with Gasteiger partial charge in [0.25, 0.3) is 0 Å². The first-order chi connectivity index (χ1) is 17.2. The fraction of sp³-hybridized carbons (Fsp3) is 0. The Kier molecular flexibility index (Phi) is 20.5. The molecule has 0 saturated carbocycles. The average molecular weight is 562 g/mol. The maximum atomic E-state index is 10.2. The summed E-state index contributed by atoms with van der Waals surface area (Å²) in [4.78, 5) is 40.7. The van der Waals surface area contributed by atoms with Gasteiger partial charge in [-0.1, -0.05) is 84.9 Å². The minimum Gasteiger partial charge on any atom is -0.545 e. The Balaban J connectivity index is 0. The van der Waals surface area contributed by atoms with E-state index in [0.717, 1.165) is 0 Å². The van der Waals surface area contributed by atoms with Crippen LogP contribution >= 0.6 is 0 Å². The number of hydrogen-bond acceptors (Lipinski definition) is 5. The topological polar surface area (TPSA) is 152 Å². The van der Waals surface area contributed by atoms with Crippen molar-refractivity contribution in [3.05, 3.63) is 144 Å². The Morgan fingerprint density at radius 2 is 0.605 bits per heavy atom. The normalized spacial score (nSPS) is 8.42. The number of rotatable bonds is 4. The van der Waals surface area contributed by atoms with Gasteiger partial charge in [0.15, 0.2) is 0 Å². The molecule has 0 aliphatic heterocycles. The second-order valence-corrected chi connectivity index (χ2v) is 6.67. The standard InChI is InChI=1S/4C7H6O2.Cr.Na/c4*8-7(9)6-4-2-1-3-5-6;;/h4*1-5H,(H,8,9);;/q;;;;;+1/p-1. The molecule has 0 bridgehead atoms. The second kappa shape index (κ2) is 21.4. The molecule has 0 heterocycles. The van der Waals surface area contributed by atoms with E-state index >= 15 is 0 Å². The fourth-order valence-electron chi connectivity index (χ4n) is 2.32. The van der Waals surface area contributed by atoms with E-state index in [1.165, 1.54) is 12.1 Å². The molecule has 4 rings (SSSR count). The first-order valence-electron chi connectivity index (χ1n) is 10.3. The summed E-state index contributed by atoms with van der Waals surface area (Å²) < 4.78 is 0. The van der Waals surface area contributed by atoms with Crippen LogP contribution < -0.4 is 34.7 Å². The first kappa shape index (κ1) is 36.4. The van der Waals surface area contributed by atoms with E-state index in [1.807, 2.05) is 0 Å². The zero-order chi connectivity index (χ0) is 26.8. The summed E-state index contributed by atoms with van der Waals surface area (Å²) in [6.45, 7) is 0. The minimum absolute atomic E-state index is 0. The van der Waals surface area contributed by atoms with Gasteiger partial charge >= 0.3 is 47.5 Å². The Morgan fingerprint density at radius 3 is 0.711 bits per heavy atom. The maximum Gasteiger partial charge on any atom is 1.00 e. The van der Waals surface area contributed by atoms with E-state index in [-0.39, 0.29) is 52.5 Å². The van der Waals surface area contributed by atoms with E-state index in [2.05, 4.69) is 0 Å². The summed E-state index contributed by atoms with van der Waals surface area (Å²) in [6, 6.07) is 32.9. The Morgan fingerprint density at radius 1 is 0.421 bits per heavy atom. The van der Waals surface area contributed by atoms with E-state index in [9.17, 15) is 24.3 Å². The van der Waals surface area contributed by atoms with Crippen molar-refractivity contribution in [1.29, 1.82) is 0 Å². The molecule has 4 aromatic carbocycles. The summed E-state index contributed by atoms with van der Waals surface area (Å²) >= 11 is 0. The molecule has 0 fully saturated rings. The molecule has 0 aliphatic rings. The predicted molar refractivity (Wildman–Crippen MR) is 131 cm³/mol. The van der Waals surface area contributed by atoms with Crippen molar-refractivity contribution in [3.63, 3.8) is 0 Å². The summed E-state index contributed by atoms with van der Waals surface area (Å²) in [7, 11) is 0. The van der Waals surface area contributed by atoms with Gasteiger partial charge in [0, 0.05) is 17.4 Å². The van der Waals surface area contributed by atoms with Gasteiger partial charge in [0.2, 0.25) is 0 Å². The molecule has 190 valence electrons. The Labute approximate surface area is 252 Å². The molecule has 8 nitrogen and oxygen atoms in total. The van der Waals surface area contributed by atoms with Crippen LogP contribution in [-0.4, -0.2) is 39.2 Å². The van der Waals surface area contributed by atoms with E-state index in [0.29, 0.717) is 16.7 Å². The molecule has 0 aliphatic carbocycles. The molecule has 4 aromatic rings. The van der Waals surface area contributed by atoms with Crippen molar-refractivity contribution in [2.45, 2.75) is 0 Å². The molecule has 38 heavy (non-hydrogen) atoms. The monoisotopic (exact) mass is 562 g/mol. The van der Waals surface area contributed by atoms with Crippen LogP contribution in [0.3, 0.4) is 0 Å². The van der Waals surface area contributed by atoms with E-state index in [1.54, 1.807) is 109 Å². The Bertz CT molecular complexity index is 1020. The number of carbonyl (C=O) groups is 4.